The van der Waals surface area contributed by atoms with E-state index >= 15 is 0 Å². The highest BCUT2D eigenvalue weighted by molar-refractivity contribution is 4.62. The van der Waals surface area contributed by atoms with Gasteiger partial charge in [0.1, 0.15) is 0 Å². The van der Waals surface area contributed by atoms with E-state index in [9.17, 15) is 0 Å². The van der Waals surface area contributed by atoms with Crippen molar-refractivity contribution in [3.63, 3.8) is 0 Å². The van der Waals surface area contributed by atoms with Gasteiger partial charge < -0.3 is 10.6 Å². The average molecular weight is 86.1 g/mol. The molecule has 2 nitrogen and oxygen atoms in total. The van der Waals surface area contributed by atoms with E-state index in [1.807, 2.05) is 7.05 Å². The second-order valence-electron chi connectivity index (χ2n) is 1.12. The minimum atomic E-state index is 0.545. The molecule has 2 N–H and O–H groups in total. The van der Waals surface area contributed by atoms with Crippen LogP contribution in [0.4, 0.5) is 0 Å². The van der Waals surface area contributed by atoms with Crippen molar-refractivity contribution in [2.45, 2.75) is 0 Å². The number of nitrogens with zero attached hydrogens (tertiary/aromatic N) is 1. The topological polar surface area (TPSA) is 29.3 Å². The molecule has 0 saturated carbocycles. The summed E-state index contributed by atoms with van der Waals surface area (Å²) in [6.07, 6.45) is 1.68. The van der Waals surface area contributed by atoms with Gasteiger partial charge in [0, 0.05) is 7.05 Å². The molecule has 0 aromatic heterocycles. The summed E-state index contributed by atoms with van der Waals surface area (Å²) in [5.74, 6) is 0. The highest BCUT2D eigenvalue weighted by Gasteiger charge is 1.74. The zero-order chi connectivity index (χ0) is 4.99. The largest absolute Gasteiger partial charge is 0.369 e. The first kappa shape index (κ1) is 5.50. The van der Waals surface area contributed by atoms with E-state index in [1.54, 1.807) is 11.1 Å². The Balaban J connectivity index is 2.96. The molecule has 0 unspecified atom stereocenters. The van der Waals surface area contributed by atoms with Crippen molar-refractivity contribution in [3.05, 3.63) is 12.8 Å². The second-order valence-corrected chi connectivity index (χ2v) is 1.12. The van der Waals surface area contributed by atoms with Gasteiger partial charge in [0.05, 0.1) is 6.67 Å². The number of nitrogens with two attached hydrogens (primary N) is 1. The molecular formula is C4H10N2. The molecule has 0 atom stereocenters. The third kappa shape index (κ3) is 1.79. The van der Waals surface area contributed by atoms with Gasteiger partial charge in [-0.15, -0.1) is 0 Å². The van der Waals surface area contributed by atoms with Crippen LogP contribution in [0.25, 0.3) is 0 Å². The quantitative estimate of drug-likeness (QED) is 0.478. The summed E-state index contributed by atoms with van der Waals surface area (Å²) in [4.78, 5) is 1.79. The molecule has 0 aromatic carbocycles. The molecule has 0 heterocycles. The van der Waals surface area contributed by atoms with Crippen LogP contribution in [-0.2, 0) is 0 Å². The van der Waals surface area contributed by atoms with E-state index in [0.29, 0.717) is 6.67 Å². The molecule has 6 heavy (non-hydrogen) atoms. The summed E-state index contributed by atoms with van der Waals surface area (Å²) in [6.45, 7) is 4.02. The van der Waals surface area contributed by atoms with Crippen LogP contribution in [0.5, 0.6) is 0 Å². The molecule has 0 aliphatic heterocycles. The summed E-state index contributed by atoms with van der Waals surface area (Å²) in [7, 11) is 1.87. The molecule has 2 heteroatoms. The van der Waals surface area contributed by atoms with E-state index < -0.39 is 0 Å². The highest BCUT2D eigenvalue weighted by atomic mass is 15.1. The van der Waals surface area contributed by atoms with Crippen LogP contribution in [0.2, 0.25) is 0 Å². The molecule has 0 saturated heterocycles. The average Bonchev–Trinajstić information content (AvgIpc) is 1.65. The van der Waals surface area contributed by atoms with E-state index in [0.717, 1.165) is 0 Å². The van der Waals surface area contributed by atoms with Gasteiger partial charge in [0.25, 0.3) is 0 Å². The van der Waals surface area contributed by atoms with Gasteiger partial charge in [-0.25, -0.2) is 0 Å². The summed E-state index contributed by atoms with van der Waals surface area (Å²) in [5.41, 5.74) is 5.14. The fourth-order valence-corrected chi connectivity index (χ4v) is 0.0745. The molecule has 0 aliphatic carbocycles. The standard InChI is InChI=1S/C4H10N2/c1-3-6(2)4-5/h3H,1,4-5H2,2H3. The Bertz CT molecular complexity index is 42.8. The fourth-order valence-electron chi connectivity index (χ4n) is 0.0745. The normalized spacial score (nSPS) is 7.67. The van der Waals surface area contributed by atoms with Crippen LogP contribution >= 0.6 is 0 Å². The molecule has 0 spiro atoms. The predicted octanol–water partition coefficient (Wildman–Crippen LogP) is -0.0221. The van der Waals surface area contributed by atoms with E-state index in [-0.39, 0.29) is 0 Å². The molecule has 0 radical (unpaired) electrons. The fraction of sp³-hybridized carbons (Fsp3) is 0.500. The number of hydrogen-bond donors (Lipinski definition) is 1. The first-order chi connectivity index (χ1) is 2.81. The van der Waals surface area contributed by atoms with Crippen LogP contribution < -0.4 is 5.73 Å². The van der Waals surface area contributed by atoms with Crippen molar-refractivity contribution in [2.75, 3.05) is 13.7 Å². The Morgan fingerprint density at radius 1 is 2.00 bits per heavy atom. The van der Waals surface area contributed by atoms with Crippen molar-refractivity contribution in [3.8, 4) is 0 Å². The van der Waals surface area contributed by atoms with E-state index in [4.69, 9.17) is 5.73 Å². The molecule has 0 amide bonds. The van der Waals surface area contributed by atoms with Gasteiger partial charge in [0.2, 0.25) is 0 Å². The molecule has 0 rings (SSSR count). The zero-order valence-corrected chi connectivity index (χ0v) is 4.02. The molecule has 0 aromatic rings. The van der Waals surface area contributed by atoms with E-state index in [1.165, 1.54) is 0 Å². The highest BCUT2D eigenvalue weighted by Crippen LogP contribution is 1.69. The Hall–Kier alpha value is -0.500. The van der Waals surface area contributed by atoms with E-state index in [2.05, 4.69) is 6.58 Å². The lowest BCUT2D eigenvalue weighted by molar-refractivity contribution is 0.473. The maximum atomic E-state index is 5.14. The molecular weight excluding hydrogens is 76.1 g/mol. The Morgan fingerprint density at radius 3 is 2.50 bits per heavy atom. The molecule has 0 fully saturated rings. The van der Waals surface area contributed by atoms with Gasteiger partial charge in [-0.3, -0.25) is 0 Å². The first-order valence-corrected chi connectivity index (χ1v) is 1.84. The Labute approximate surface area is 38.2 Å². The lowest BCUT2D eigenvalue weighted by atomic mass is 10.8. The lowest BCUT2D eigenvalue weighted by Gasteiger charge is -2.06. The van der Waals surface area contributed by atoms with Crippen molar-refractivity contribution < 1.29 is 0 Å². The van der Waals surface area contributed by atoms with Gasteiger partial charge >= 0.3 is 0 Å². The number of hydrogen-bond acceptors (Lipinski definition) is 2. The van der Waals surface area contributed by atoms with Crippen LogP contribution in [-0.4, -0.2) is 18.6 Å². The van der Waals surface area contributed by atoms with Gasteiger partial charge in [-0.05, 0) is 6.20 Å². The van der Waals surface area contributed by atoms with Crippen LogP contribution in [0.3, 0.4) is 0 Å². The molecule has 0 aliphatic rings. The second kappa shape index (κ2) is 2.72. The van der Waals surface area contributed by atoms with Crippen LogP contribution in [0.15, 0.2) is 12.8 Å². The maximum absolute atomic E-state index is 5.14. The van der Waals surface area contributed by atoms with Crippen molar-refractivity contribution >= 4 is 0 Å². The van der Waals surface area contributed by atoms with Crippen LogP contribution in [0, 0.1) is 0 Å². The predicted molar refractivity (Wildman–Crippen MR) is 27.0 cm³/mol. The third-order valence-electron chi connectivity index (χ3n) is 0.600. The SMILES string of the molecule is C=CN(C)CN. The van der Waals surface area contributed by atoms with Crippen molar-refractivity contribution in [1.29, 1.82) is 0 Å². The Morgan fingerprint density at radius 2 is 2.50 bits per heavy atom. The molecule has 0 bridgehead atoms. The zero-order valence-electron chi connectivity index (χ0n) is 4.02. The number of rotatable bonds is 2. The first-order valence-electron chi connectivity index (χ1n) is 1.84. The summed E-state index contributed by atoms with van der Waals surface area (Å²) in [6, 6.07) is 0. The smallest absolute Gasteiger partial charge is 0.0647 e. The van der Waals surface area contributed by atoms with Crippen molar-refractivity contribution in [1.82, 2.24) is 4.90 Å². The maximum Gasteiger partial charge on any atom is 0.0647 e. The lowest BCUT2D eigenvalue weighted by Crippen LogP contribution is -2.18. The molecule has 36 valence electrons. The van der Waals surface area contributed by atoms with Gasteiger partial charge in [-0.1, -0.05) is 6.58 Å². The van der Waals surface area contributed by atoms with Crippen molar-refractivity contribution in [2.24, 2.45) is 5.73 Å². The third-order valence-corrected chi connectivity index (χ3v) is 0.600. The van der Waals surface area contributed by atoms with Crippen LogP contribution in [0.1, 0.15) is 0 Å². The summed E-state index contributed by atoms with van der Waals surface area (Å²) < 4.78 is 0. The minimum absolute atomic E-state index is 0.545. The van der Waals surface area contributed by atoms with Gasteiger partial charge in [0.15, 0.2) is 0 Å². The summed E-state index contributed by atoms with van der Waals surface area (Å²) >= 11 is 0. The Kier molecular flexibility index (Phi) is 2.50. The van der Waals surface area contributed by atoms with Gasteiger partial charge in [-0.2, -0.15) is 0 Å². The summed E-state index contributed by atoms with van der Waals surface area (Å²) in [5, 5.41) is 0. The minimum Gasteiger partial charge on any atom is -0.369 e. The monoisotopic (exact) mass is 86.1 g/mol.